The van der Waals surface area contributed by atoms with Gasteiger partial charge in [-0.3, -0.25) is 0 Å². The molecule has 0 aromatic carbocycles. The molecule has 0 heterocycles. The Labute approximate surface area is 178 Å². The van der Waals surface area contributed by atoms with Crippen LogP contribution in [0.5, 0.6) is 0 Å². The summed E-state index contributed by atoms with van der Waals surface area (Å²) in [5, 5.41) is 0. The fourth-order valence-corrected chi connectivity index (χ4v) is 11.8. The Morgan fingerprint density at radius 2 is 0.688 bits per heavy atom. The summed E-state index contributed by atoms with van der Waals surface area (Å²) in [6, 6.07) is 0. The van der Waals surface area contributed by atoms with Crippen molar-refractivity contribution in [2.45, 2.75) is 22.6 Å². The molecule has 1 aliphatic carbocycles. The van der Waals surface area contributed by atoms with Gasteiger partial charge in [0.15, 0.2) is 0 Å². The molecular formula is C6H2Br10. The van der Waals surface area contributed by atoms with E-state index in [4.69, 9.17) is 0 Å². The van der Waals surface area contributed by atoms with Gasteiger partial charge >= 0.3 is 0 Å². The molecule has 10 heteroatoms. The third-order valence-electron chi connectivity index (χ3n) is 2.15. The molecule has 0 radical (unpaired) electrons. The highest BCUT2D eigenvalue weighted by Crippen LogP contribution is 2.77. The summed E-state index contributed by atoms with van der Waals surface area (Å²) in [4.78, 5) is 0. The maximum atomic E-state index is 3.70. The van der Waals surface area contributed by atoms with E-state index in [2.05, 4.69) is 159 Å². The van der Waals surface area contributed by atoms with Crippen LogP contribution < -0.4 is 0 Å². The Kier molecular flexibility index (Phi) is 6.43. The van der Waals surface area contributed by atoms with Crippen molar-refractivity contribution < 1.29 is 0 Å². The summed E-state index contributed by atoms with van der Waals surface area (Å²) < 4.78 is -2.34. The zero-order valence-corrected chi connectivity index (χ0v) is 22.8. The average molecular weight is 873 g/mol. The highest BCUT2D eigenvalue weighted by atomic mass is 79.9. The normalized spacial score (nSPS) is 33.4. The van der Waals surface area contributed by atoms with E-state index in [1.54, 1.807) is 0 Å². The highest BCUT2D eigenvalue weighted by Gasteiger charge is 2.75. The lowest BCUT2D eigenvalue weighted by molar-refractivity contribution is 0.497. The molecule has 0 aliphatic heterocycles. The number of halogens is 10. The molecule has 0 N–H and O–H groups in total. The first-order valence-electron chi connectivity index (χ1n) is 3.60. The molecule has 96 valence electrons. The molecule has 1 aliphatic rings. The number of hydrogen-bond donors (Lipinski definition) is 0. The predicted octanol–water partition coefficient (Wildman–Crippen LogP) is 7.82. The molecule has 1 saturated carbocycles. The molecule has 1 fully saturated rings. The second kappa shape index (κ2) is 5.46. The van der Waals surface area contributed by atoms with Crippen molar-refractivity contribution in [3.8, 4) is 0 Å². The maximum Gasteiger partial charge on any atom is 0.135 e. The Bertz CT molecular complexity index is 274. The average Bonchev–Trinajstić information content (AvgIpc) is 1.98. The van der Waals surface area contributed by atoms with E-state index < -0.39 is 16.2 Å². The van der Waals surface area contributed by atoms with Crippen molar-refractivity contribution in [2.24, 2.45) is 0 Å². The minimum Gasteiger partial charge on any atom is -0.0700 e. The quantitative estimate of drug-likeness (QED) is 0.218. The second-order valence-corrected chi connectivity index (χ2v) is 21.2. The molecule has 0 spiro atoms. The molecule has 16 heavy (non-hydrogen) atoms. The van der Waals surface area contributed by atoms with Gasteiger partial charge in [0, 0.05) is 6.42 Å². The standard InChI is InChI=1S/C6H2Br10/c7-2(8)1-3(9,10)5(13,14)6(15,16)4(2,11)12/h1H2. The van der Waals surface area contributed by atoms with Crippen LogP contribution >= 0.6 is 159 Å². The Morgan fingerprint density at radius 1 is 0.438 bits per heavy atom. The number of hydrogen-bond acceptors (Lipinski definition) is 0. The SMILES string of the molecule is BrC1(Br)CC(Br)(Br)C(Br)(Br)C(Br)(Br)C1(Br)Br. The summed E-state index contributed by atoms with van der Waals surface area (Å²) in [6.45, 7) is 0. The molecular weight excluding hydrogens is 871 g/mol. The van der Waals surface area contributed by atoms with Gasteiger partial charge in [0.25, 0.3) is 0 Å². The molecule has 0 aromatic rings. The smallest absolute Gasteiger partial charge is 0.0700 e. The van der Waals surface area contributed by atoms with E-state index in [-0.39, 0.29) is 0 Å². The molecule has 0 unspecified atom stereocenters. The van der Waals surface area contributed by atoms with Gasteiger partial charge in [-0.15, -0.1) is 0 Å². The summed E-state index contributed by atoms with van der Waals surface area (Å²) in [7, 11) is 0. The van der Waals surface area contributed by atoms with Crippen LogP contribution in [0.1, 0.15) is 6.42 Å². The van der Waals surface area contributed by atoms with Crippen LogP contribution in [0.15, 0.2) is 0 Å². The van der Waals surface area contributed by atoms with Crippen molar-refractivity contribution in [1.82, 2.24) is 0 Å². The summed E-state index contributed by atoms with van der Waals surface area (Å²) >= 11 is 36.9. The van der Waals surface area contributed by atoms with Crippen molar-refractivity contribution >= 4 is 159 Å². The molecule has 0 nitrogen and oxygen atoms in total. The lowest BCUT2D eigenvalue weighted by atomic mass is 9.99. The highest BCUT2D eigenvalue weighted by molar-refractivity contribution is 9.35. The summed E-state index contributed by atoms with van der Waals surface area (Å²) in [5.41, 5.74) is 0. The first-order valence-corrected chi connectivity index (χ1v) is 11.5. The Balaban J connectivity index is 3.43. The number of rotatable bonds is 0. The predicted molar refractivity (Wildman–Crippen MR) is 108 cm³/mol. The van der Waals surface area contributed by atoms with Gasteiger partial charge in [-0.1, -0.05) is 159 Å². The third kappa shape index (κ3) is 2.72. The van der Waals surface area contributed by atoms with E-state index in [0.717, 1.165) is 6.42 Å². The van der Waals surface area contributed by atoms with E-state index in [0.29, 0.717) is 0 Å². The number of alkyl halides is 10. The minimum atomic E-state index is -0.557. The molecule has 0 amide bonds. The maximum absolute atomic E-state index is 3.70. The van der Waals surface area contributed by atoms with Crippen LogP contribution in [0, 0.1) is 0 Å². The molecule has 0 bridgehead atoms. The Morgan fingerprint density at radius 3 is 0.938 bits per heavy atom. The zero-order valence-electron chi connectivity index (χ0n) is 6.99. The fourth-order valence-electron chi connectivity index (χ4n) is 1.16. The molecule has 0 aromatic heterocycles. The van der Waals surface area contributed by atoms with Crippen LogP contribution in [-0.4, -0.2) is 16.2 Å². The van der Waals surface area contributed by atoms with Crippen LogP contribution in [-0.2, 0) is 0 Å². The fraction of sp³-hybridized carbons (Fsp3) is 1.00. The lowest BCUT2D eigenvalue weighted by Crippen LogP contribution is -2.67. The minimum absolute atomic E-state index is 0.391. The van der Waals surface area contributed by atoms with Crippen molar-refractivity contribution in [3.05, 3.63) is 0 Å². The van der Waals surface area contributed by atoms with Crippen molar-refractivity contribution in [1.29, 1.82) is 0 Å². The van der Waals surface area contributed by atoms with E-state index >= 15 is 0 Å². The zero-order chi connectivity index (χ0) is 13.2. The van der Waals surface area contributed by atoms with Crippen LogP contribution in [0.3, 0.4) is 0 Å². The van der Waals surface area contributed by atoms with Gasteiger partial charge in [-0.25, -0.2) is 0 Å². The molecule has 1 rings (SSSR count). The van der Waals surface area contributed by atoms with Crippen molar-refractivity contribution in [2.75, 3.05) is 0 Å². The van der Waals surface area contributed by atoms with Gasteiger partial charge in [0.1, 0.15) is 16.2 Å². The molecule has 0 saturated heterocycles. The summed E-state index contributed by atoms with van der Waals surface area (Å²) in [5.74, 6) is 0. The van der Waals surface area contributed by atoms with Crippen LogP contribution in [0.25, 0.3) is 0 Å². The van der Waals surface area contributed by atoms with Gasteiger partial charge in [-0.2, -0.15) is 0 Å². The first-order chi connectivity index (χ1) is 6.71. The monoisotopic (exact) mass is 863 g/mol. The van der Waals surface area contributed by atoms with E-state index in [1.807, 2.05) is 0 Å². The Hall–Kier alpha value is 4.80. The topological polar surface area (TPSA) is 0 Å². The largest absolute Gasteiger partial charge is 0.135 e. The summed E-state index contributed by atoms with van der Waals surface area (Å²) in [6.07, 6.45) is 0.728. The van der Waals surface area contributed by atoms with Gasteiger partial charge in [0.05, 0.1) is 0 Å². The van der Waals surface area contributed by atoms with Gasteiger partial charge in [0.2, 0.25) is 0 Å². The van der Waals surface area contributed by atoms with Crippen LogP contribution in [0.4, 0.5) is 0 Å². The molecule has 0 atom stereocenters. The lowest BCUT2D eigenvalue weighted by Gasteiger charge is -2.58. The van der Waals surface area contributed by atoms with E-state index in [9.17, 15) is 0 Å². The second-order valence-electron chi connectivity index (χ2n) is 3.31. The van der Waals surface area contributed by atoms with Crippen LogP contribution in [0.2, 0.25) is 0 Å². The third-order valence-corrected chi connectivity index (χ3v) is 21.6. The van der Waals surface area contributed by atoms with Crippen molar-refractivity contribution in [3.63, 3.8) is 0 Å². The van der Waals surface area contributed by atoms with Gasteiger partial charge in [-0.05, 0) is 0 Å². The first kappa shape index (κ1) is 18.8. The van der Waals surface area contributed by atoms with Gasteiger partial charge < -0.3 is 0 Å². The van der Waals surface area contributed by atoms with E-state index in [1.165, 1.54) is 0 Å².